The van der Waals surface area contributed by atoms with Gasteiger partial charge in [0, 0.05) is 31.4 Å². The third-order valence-electron chi connectivity index (χ3n) is 7.34. The molecular weight excluding hydrogens is 532 g/mol. The number of benzene rings is 3. The summed E-state index contributed by atoms with van der Waals surface area (Å²) in [5.74, 6) is 2.78. The molecule has 0 bridgehead atoms. The molecule has 2 atom stereocenters. The monoisotopic (exact) mass is 576 g/mol. The summed E-state index contributed by atoms with van der Waals surface area (Å²) in [6.07, 6.45) is 1.89. The van der Waals surface area contributed by atoms with Gasteiger partial charge in [-0.3, -0.25) is 4.79 Å². The fourth-order valence-corrected chi connectivity index (χ4v) is 5.03. The van der Waals surface area contributed by atoms with Gasteiger partial charge >= 0.3 is 0 Å². The lowest BCUT2D eigenvalue weighted by atomic mass is 9.87. The Kier molecular flexibility index (Phi) is 12.5. The zero-order valence-electron chi connectivity index (χ0n) is 25.0. The number of piperidine rings is 1. The normalized spacial score (nSPS) is 16.5. The van der Waals surface area contributed by atoms with E-state index < -0.39 is 0 Å². The average Bonchev–Trinajstić information content (AvgIpc) is 3.01. The number of hydrogen-bond acceptors (Lipinski definition) is 7. The Morgan fingerprint density at radius 2 is 1.79 bits per heavy atom. The second-order valence-corrected chi connectivity index (χ2v) is 10.5. The first-order chi connectivity index (χ1) is 20.5. The minimum atomic E-state index is -0.0579. The molecule has 1 fully saturated rings. The van der Waals surface area contributed by atoms with E-state index in [2.05, 4.69) is 41.0 Å². The van der Waals surface area contributed by atoms with Crippen molar-refractivity contribution in [2.24, 2.45) is 0 Å². The maximum Gasteiger partial charge on any atom is 0.216 e. The summed E-state index contributed by atoms with van der Waals surface area (Å²) >= 11 is 0. The van der Waals surface area contributed by atoms with Gasteiger partial charge in [0.05, 0.1) is 46.2 Å². The molecule has 0 aliphatic carbocycles. The van der Waals surface area contributed by atoms with Crippen molar-refractivity contribution in [1.29, 1.82) is 0 Å². The summed E-state index contributed by atoms with van der Waals surface area (Å²) in [4.78, 5) is 11.1. The summed E-state index contributed by atoms with van der Waals surface area (Å²) in [5, 5.41) is 6.24. The third kappa shape index (κ3) is 9.76. The molecule has 2 unspecified atom stereocenters. The highest BCUT2D eigenvalue weighted by Gasteiger charge is 2.27. The van der Waals surface area contributed by atoms with Crippen molar-refractivity contribution in [3.63, 3.8) is 0 Å². The summed E-state index contributed by atoms with van der Waals surface area (Å²) in [6.45, 7) is 8.45. The number of ether oxygens (including phenoxy) is 5. The van der Waals surface area contributed by atoms with Crippen LogP contribution in [0.15, 0.2) is 66.7 Å². The fourth-order valence-electron chi connectivity index (χ4n) is 5.03. The van der Waals surface area contributed by atoms with E-state index in [4.69, 9.17) is 23.7 Å². The number of methoxy groups -OCH3 is 1. The Hall–Kier alpha value is -3.59. The Morgan fingerprint density at radius 1 is 0.952 bits per heavy atom. The highest BCUT2D eigenvalue weighted by atomic mass is 16.5. The SMILES string of the molecule is COc1ccccc1COCCCOc1ccc(C2CCNCC2OCc2ccc(C)c(OCCNC(C)=O)c2)cc1. The van der Waals surface area contributed by atoms with Crippen molar-refractivity contribution >= 4 is 5.91 Å². The molecule has 2 N–H and O–H groups in total. The fraction of sp³-hybridized carbons (Fsp3) is 0.441. The van der Waals surface area contributed by atoms with Gasteiger partial charge < -0.3 is 34.3 Å². The first-order valence-electron chi connectivity index (χ1n) is 14.7. The molecule has 0 aromatic heterocycles. The number of carbonyl (C=O) groups excluding carboxylic acids is 1. The molecule has 1 aliphatic heterocycles. The van der Waals surface area contributed by atoms with Crippen molar-refractivity contribution in [2.75, 3.05) is 46.6 Å². The van der Waals surface area contributed by atoms with E-state index in [9.17, 15) is 4.79 Å². The number of nitrogens with one attached hydrogen (secondary N) is 2. The van der Waals surface area contributed by atoms with Crippen LogP contribution in [0.4, 0.5) is 0 Å². The van der Waals surface area contributed by atoms with Crippen molar-refractivity contribution in [3.05, 3.63) is 89.0 Å². The van der Waals surface area contributed by atoms with Crippen LogP contribution >= 0.6 is 0 Å². The predicted molar refractivity (Wildman–Crippen MR) is 163 cm³/mol. The Morgan fingerprint density at radius 3 is 2.60 bits per heavy atom. The number of hydrogen-bond donors (Lipinski definition) is 2. The average molecular weight is 577 g/mol. The van der Waals surface area contributed by atoms with Gasteiger partial charge in [0.1, 0.15) is 23.9 Å². The number of rotatable bonds is 16. The summed E-state index contributed by atoms with van der Waals surface area (Å²) in [7, 11) is 1.67. The van der Waals surface area contributed by atoms with Crippen molar-refractivity contribution in [2.45, 2.75) is 51.9 Å². The van der Waals surface area contributed by atoms with Crippen LogP contribution in [0.2, 0.25) is 0 Å². The molecular formula is C34H44N2O6. The van der Waals surface area contributed by atoms with Crippen LogP contribution < -0.4 is 24.8 Å². The summed E-state index contributed by atoms with van der Waals surface area (Å²) in [6, 6.07) is 22.5. The number of carbonyl (C=O) groups is 1. The van der Waals surface area contributed by atoms with Gasteiger partial charge in [0.15, 0.2) is 0 Å². The predicted octanol–water partition coefficient (Wildman–Crippen LogP) is 5.17. The third-order valence-corrected chi connectivity index (χ3v) is 7.34. The van der Waals surface area contributed by atoms with E-state index in [1.807, 2.05) is 43.3 Å². The van der Waals surface area contributed by atoms with E-state index in [1.54, 1.807) is 7.11 Å². The van der Waals surface area contributed by atoms with Crippen LogP contribution in [0.5, 0.6) is 17.2 Å². The Bertz CT molecular complexity index is 1250. The molecule has 1 saturated heterocycles. The van der Waals surface area contributed by atoms with E-state index in [1.165, 1.54) is 12.5 Å². The second kappa shape index (κ2) is 16.8. The zero-order chi connectivity index (χ0) is 29.6. The van der Waals surface area contributed by atoms with Crippen molar-refractivity contribution in [1.82, 2.24) is 10.6 Å². The van der Waals surface area contributed by atoms with Crippen LogP contribution in [0.25, 0.3) is 0 Å². The molecule has 8 heteroatoms. The van der Waals surface area contributed by atoms with Gasteiger partial charge in [-0.25, -0.2) is 0 Å². The Balaban J connectivity index is 1.21. The minimum Gasteiger partial charge on any atom is -0.496 e. The second-order valence-electron chi connectivity index (χ2n) is 10.5. The number of para-hydroxylation sites is 1. The summed E-state index contributed by atoms with van der Waals surface area (Å²) < 4.78 is 29.5. The standard InChI is InChI=1S/C34H44N2O6/c1-25-9-10-27(21-33(25)41-20-17-36-26(2)37)23-42-34-22-35-16-15-31(34)28-11-13-30(14-12-28)40-19-6-18-39-24-29-7-4-5-8-32(29)38-3/h4-5,7-14,21,31,34-35H,6,15-20,22-24H2,1-3H3,(H,36,37). The molecule has 0 radical (unpaired) electrons. The van der Waals surface area contributed by atoms with Crippen molar-refractivity contribution in [3.8, 4) is 17.2 Å². The van der Waals surface area contributed by atoms with Crippen LogP contribution in [0, 0.1) is 6.92 Å². The van der Waals surface area contributed by atoms with Gasteiger partial charge in [0.25, 0.3) is 0 Å². The van der Waals surface area contributed by atoms with Gasteiger partial charge in [-0.2, -0.15) is 0 Å². The molecule has 226 valence electrons. The molecule has 3 aromatic carbocycles. The smallest absolute Gasteiger partial charge is 0.216 e. The van der Waals surface area contributed by atoms with Gasteiger partial charge in [-0.15, -0.1) is 0 Å². The first-order valence-corrected chi connectivity index (χ1v) is 14.7. The minimum absolute atomic E-state index is 0.0579. The molecule has 4 rings (SSSR count). The molecule has 1 heterocycles. The molecule has 42 heavy (non-hydrogen) atoms. The molecule has 8 nitrogen and oxygen atoms in total. The lowest BCUT2D eigenvalue weighted by Crippen LogP contribution is -2.40. The van der Waals surface area contributed by atoms with Crippen LogP contribution in [-0.2, 0) is 27.5 Å². The molecule has 0 saturated carbocycles. The zero-order valence-corrected chi connectivity index (χ0v) is 25.0. The van der Waals surface area contributed by atoms with Crippen molar-refractivity contribution < 1.29 is 28.5 Å². The number of aryl methyl sites for hydroxylation is 1. The molecule has 0 spiro atoms. The van der Waals surface area contributed by atoms with Gasteiger partial charge in [-0.05, 0) is 60.8 Å². The van der Waals surface area contributed by atoms with E-state index in [-0.39, 0.29) is 12.0 Å². The van der Waals surface area contributed by atoms with Crippen LogP contribution in [0.1, 0.15) is 47.9 Å². The molecule has 1 amide bonds. The van der Waals surface area contributed by atoms with E-state index in [0.717, 1.165) is 59.9 Å². The van der Waals surface area contributed by atoms with E-state index in [0.29, 0.717) is 45.5 Å². The molecule has 3 aromatic rings. The van der Waals surface area contributed by atoms with Crippen LogP contribution in [-0.4, -0.2) is 58.6 Å². The molecule has 1 aliphatic rings. The lowest BCUT2D eigenvalue weighted by molar-refractivity contribution is -0.119. The maximum atomic E-state index is 11.1. The highest BCUT2D eigenvalue weighted by Crippen LogP contribution is 2.30. The first kappa shape index (κ1) is 31.3. The van der Waals surface area contributed by atoms with Crippen LogP contribution in [0.3, 0.4) is 0 Å². The number of amides is 1. The largest absolute Gasteiger partial charge is 0.496 e. The van der Waals surface area contributed by atoms with E-state index >= 15 is 0 Å². The quantitative estimate of drug-likeness (QED) is 0.228. The highest BCUT2D eigenvalue weighted by molar-refractivity contribution is 5.72. The van der Waals surface area contributed by atoms with Gasteiger partial charge in [-0.1, -0.05) is 42.5 Å². The summed E-state index contributed by atoms with van der Waals surface area (Å²) in [5.41, 5.74) is 4.43. The Labute approximate surface area is 249 Å². The lowest BCUT2D eigenvalue weighted by Gasteiger charge is -2.32. The van der Waals surface area contributed by atoms with Gasteiger partial charge in [0.2, 0.25) is 5.91 Å². The maximum absolute atomic E-state index is 11.1. The topological polar surface area (TPSA) is 87.3 Å².